The number of carbonyl (C=O) groups is 1. The number of ether oxygens (including phenoxy) is 1. The maximum absolute atomic E-state index is 13.6. The lowest BCUT2D eigenvalue weighted by Crippen LogP contribution is -2.48. The van der Waals surface area contributed by atoms with E-state index in [1.165, 1.54) is 6.42 Å². The second kappa shape index (κ2) is 10.2. The van der Waals surface area contributed by atoms with Gasteiger partial charge in [-0.15, -0.1) is 0 Å². The Hall–Kier alpha value is -2.12. The molecule has 1 saturated heterocycles. The van der Waals surface area contributed by atoms with Crippen molar-refractivity contribution < 1.29 is 14.6 Å². The summed E-state index contributed by atoms with van der Waals surface area (Å²) in [5, 5.41) is 13.8. The highest BCUT2D eigenvalue weighted by molar-refractivity contribution is 9.10. The summed E-state index contributed by atoms with van der Waals surface area (Å²) in [4.78, 5) is 16.4. The van der Waals surface area contributed by atoms with E-state index in [4.69, 9.17) is 4.74 Å². The van der Waals surface area contributed by atoms with Gasteiger partial charge >= 0.3 is 0 Å². The monoisotopic (exact) mass is 516 g/mol. The van der Waals surface area contributed by atoms with Gasteiger partial charge in [0.2, 0.25) is 0 Å². The lowest BCUT2D eigenvalue weighted by atomic mass is 9.85. The molecular formula is C25H29BrN2O3S. The van der Waals surface area contributed by atoms with Crippen LogP contribution in [0.1, 0.15) is 45.1 Å². The Labute approximate surface area is 202 Å². The molecule has 0 spiro atoms. The largest absolute Gasteiger partial charge is 0.503 e. The summed E-state index contributed by atoms with van der Waals surface area (Å²) in [6, 6.07) is 13.8. The molecule has 0 radical (unpaired) electrons. The first-order valence-electron chi connectivity index (χ1n) is 11.2. The second-order valence-electron chi connectivity index (χ2n) is 8.31. The molecule has 1 aliphatic carbocycles. The number of para-hydroxylation sites is 1. The molecule has 1 amide bonds. The number of thioether (sulfide) groups is 1. The van der Waals surface area contributed by atoms with E-state index >= 15 is 0 Å². The Morgan fingerprint density at radius 2 is 2.00 bits per heavy atom. The van der Waals surface area contributed by atoms with Crippen LogP contribution >= 0.6 is 27.7 Å². The SMILES string of the molecule is CCOc1cc(/C=C2\SC(Nc3ccccc3)N([C@H]3CCCC[C@H]3C)C2=O)cc(Br)c1O. The van der Waals surface area contributed by atoms with Gasteiger partial charge in [-0.2, -0.15) is 0 Å². The van der Waals surface area contributed by atoms with Crippen molar-refractivity contribution in [2.45, 2.75) is 51.1 Å². The Morgan fingerprint density at radius 1 is 1.25 bits per heavy atom. The third-order valence-electron chi connectivity index (χ3n) is 6.07. The van der Waals surface area contributed by atoms with E-state index in [0.717, 1.165) is 30.5 Å². The number of carbonyl (C=O) groups excluding carboxylic acids is 1. The molecule has 2 aromatic carbocycles. The first-order chi connectivity index (χ1) is 15.5. The van der Waals surface area contributed by atoms with Crippen molar-refractivity contribution in [1.29, 1.82) is 0 Å². The van der Waals surface area contributed by atoms with Gasteiger partial charge in [-0.3, -0.25) is 4.79 Å². The van der Waals surface area contributed by atoms with Crippen molar-refractivity contribution >= 4 is 45.4 Å². The Balaban J connectivity index is 1.67. The molecule has 4 rings (SSSR count). The van der Waals surface area contributed by atoms with Gasteiger partial charge in [-0.1, -0.05) is 49.7 Å². The van der Waals surface area contributed by atoms with Crippen molar-refractivity contribution in [3.05, 3.63) is 57.4 Å². The highest BCUT2D eigenvalue weighted by Gasteiger charge is 2.42. The molecule has 0 aromatic heterocycles. The average Bonchev–Trinajstić information content (AvgIpc) is 3.07. The summed E-state index contributed by atoms with van der Waals surface area (Å²) in [5.41, 5.74) is 1.65. The van der Waals surface area contributed by atoms with Gasteiger partial charge in [0.25, 0.3) is 5.91 Å². The number of benzene rings is 2. The normalized spacial score (nSPS) is 24.7. The fourth-order valence-corrected chi connectivity index (χ4v) is 6.13. The third kappa shape index (κ3) is 4.94. The minimum absolute atomic E-state index is 0.0596. The first-order valence-corrected chi connectivity index (χ1v) is 12.8. The number of halogens is 1. The average molecular weight is 517 g/mol. The predicted molar refractivity (Wildman–Crippen MR) is 135 cm³/mol. The molecule has 1 heterocycles. The number of nitrogens with zero attached hydrogens (tertiary/aromatic N) is 1. The van der Waals surface area contributed by atoms with Crippen LogP contribution < -0.4 is 10.1 Å². The quantitative estimate of drug-likeness (QED) is 0.432. The van der Waals surface area contributed by atoms with Gasteiger partial charge in [0, 0.05) is 11.7 Å². The Morgan fingerprint density at radius 3 is 2.72 bits per heavy atom. The highest BCUT2D eigenvalue weighted by atomic mass is 79.9. The van der Waals surface area contributed by atoms with E-state index in [9.17, 15) is 9.90 Å². The van der Waals surface area contributed by atoms with Gasteiger partial charge in [0.05, 0.1) is 16.0 Å². The second-order valence-corrected chi connectivity index (χ2v) is 10.3. The van der Waals surface area contributed by atoms with Crippen LogP contribution in [-0.4, -0.2) is 34.1 Å². The number of anilines is 1. The van der Waals surface area contributed by atoms with Gasteiger partial charge < -0.3 is 20.1 Å². The molecule has 2 aromatic rings. The van der Waals surface area contributed by atoms with E-state index in [0.29, 0.717) is 27.7 Å². The zero-order chi connectivity index (χ0) is 22.7. The molecule has 1 saturated carbocycles. The minimum Gasteiger partial charge on any atom is -0.503 e. The molecule has 1 unspecified atom stereocenters. The molecule has 2 aliphatic rings. The van der Waals surface area contributed by atoms with Crippen LogP contribution in [-0.2, 0) is 4.79 Å². The number of phenolic OH excluding ortho intramolecular Hbond substituents is 1. The summed E-state index contributed by atoms with van der Waals surface area (Å²) < 4.78 is 6.10. The molecule has 7 heteroatoms. The summed E-state index contributed by atoms with van der Waals surface area (Å²) >= 11 is 4.95. The minimum atomic E-state index is -0.159. The number of nitrogens with one attached hydrogen (secondary N) is 1. The topological polar surface area (TPSA) is 61.8 Å². The molecule has 5 nitrogen and oxygen atoms in total. The summed E-state index contributed by atoms with van der Waals surface area (Å²) in [7, 11) is 0. The molecule has 3 atom stereocenters. The number of aromatic hydroxyl groups is 1. The van der Waals surface area contributed by atoms with E-state index < -0.39 is 0 Å². The standard InChI is InChI=1S/C25H29BrN2O3S/c1-3-31-21-14-17(13-19(26)23(21)29)15-22-24(30)28(20-12-8-7-9-16(20)2)25(32-22)27-18-10-5-4-6-11-18/h4-6,10-11,13-16,20,25,27,29H,3,7-9,12H2,1-2H3/b22-15-/t16-,20+,25?/m1/s1. The molecular weight excluding hydrogens is 488 g/mol. The van der Waals surface area contributed by atoms with Crippen LogP contribution in [0.5, 0.6) is 11.5 Å². The lowest BCUT2D eigenvalue weighted by Gasteiger charge is -2.39. The van der Waals surface area contributed by atoms with Crippen LogP contribution in [0, 0.1) is 5.92 Å². The van der Waals surface area contributed by atoms with Gasteiger partial charge in [0.1, 0.15) is 0 Å². The number of hydrogen-bond donors (Lipinski definition) is 2. The van der Waals surface area contributed by atoms with Crippen LogP contribution in [0.25, 0.3) is 6.08 Å². The molecule has 1 aliphatic heterocycles. The third-order valence-corrected chi connectivity index (χ3v) is 7.79. The van der Waals surface area contributed by atoms with Crippen LogP contribution in [0.15, 0.2) is 51.8 Å². The lowest BCUT2D eigenvalue weighted by molar-refractivity contribution is -0.129. The smallest absolute Gasteiger partial charge is 0.262 e. The Kier molecular flexibility index (Phi) is 7.36. The number of amides is 1. The Bertz CT molecular complexity index is 998. The van der Waals surface area contributed by atoms with E-state index in [1.54, 1.807) is 17.8 Å². The van der Waals surface area contributed by atoms with E-state index in [-0.39, 0.29) is 23.2 Å². The number of hydrogen-bond acceptors (Lipinski definition) is 5. The van der Waals surface area contributed by atoms with Gasteiger partial charge in [-0.25, -0.2) is 0 Å². The molecule has 2 N–H and O–H groups in total. The van der Waals surface area contributed by atoms with Crippen LogP contribution in [0.3, 0.4) is 0 Å². The maximum Gasteiger partial charge on any atom is 0.262 e. The number of rotatable bonds is 6. The fourth-order valence-electron chi connectivity index (χ4n) is 4.46. The van der Waals surface area contributed by atoms with Gasteiger partial charge in [0.15, 0.2) is 17.0 Å². The summed E-state index contributed by atoms with van der Waals surface area (Å²) in [5.74, 6) is 1.01. The number of phenols is 1. The van der Waals surface area contributed by atoms with Crippen LogP contribution in [0.2, 0.25) is 0 Å². The maximum atomic E-state index is 13.6. The molecule has 2 fully saturated rings. The van der Waals surface area contributed by atoms with E-state index in [2.05, 4.69) is 28.2 Å². The first kappa shape index (κ1) is 23.1. The predicted octanol–water partition coefficient (Wildman–Crippen LogP) is 6.44. The highest BCUT2D eigenvalue weighted by Crippen LogP contribution is 2.43. The summed E-state index contributed by atoms with van der Waals surface area (Å²) in [6.45, 7) is 4.58. The van der Waals surface area contributed by atoms with Crippen molar-refractivity contribution in [3.8, 4) is 11.5 Å². The van der Waals surface area contributed by atoms with Crippen molar-refractivity contribution in [2.24, 2.45) is 5.92 Å². The van der Waals surface area contributed by atoms with E-state index in [1.807, 2.05) is 54.3 Å². The zero-order valence-corrected chi connectivity index (χ0v) is 20.8. The zero-order valence-electron chi connectivity index (χ0n) is 18.4. The van der Waals surface area contributed by atoms with Crippen molar-refractivity contribution in [3.63, 3.8) is 0 Å². The fraction of sp³-hybridized carbons (Fsp3) is 0.400. The molecule has 170 valence electrons. The van der Waals surface area contributed by atoms with Gasteiger partial charge in [-0.05, 0) is 77.5 Å². The molecule has 32 heavy (non-hydrogen) atoms. The summed E-state index contributed by atoms with van der Waals surface area (Å²) in [6.07, 6.45) is 6.47. The van der Waals surface area contributed by atoms with Crippen molar-refractivity contribution in [1.82, 2.24) is 4.90 Å². The van der Waals surface area contributed by atoms with Crippen molar-refractivity contribution in [2.75, 3.05) is 11.9 Å². The van der Waals surface area contributed by atoms with Crippen LogP contribution in [0.4, 0.5) is 5.69 Å². The molecule has 0 bridgehead atoms.